The average molecular weight is 374 g/mol. The van der Waals surface area contributed by atoms with Gasteiger partial charge in [0.2, 0.25) is 0 Å². The van der Waals surface area contributed by atoms with Crippen molar-refractivity contribution < 1.29 is 13.9 Å². The van der Waals surface area contributed by atoms with Crippen LogP contribution in [0.15, 0.2) is 52.8 Å². The predicted octanol–water partition coefficient (Wildman–Crippen LogP) is 3.61. The third kappa shape index (κ3) is 5.86. The van der Waals surface area contributed by atoms with Gasteiger partial charge in [-0.25, -0.2) is 9.38 Å². The average Bonchev–Trinajstić information content (AvgIpc) is 2.65. The summed E-state index contributed by atoms with van der Waals surface area (Å²) in [5, 5.41) is 6.20. The second-order valence-corrected chi connectivity index (χ2v) is 5.87. The van der Waals surface area contributed by atoms with Crippen LogP contribution in [-0.4, -0.2) is 26.7 Å². The molecule has 1 aromatic carbocycles. The van der Waals surface area contributed by atoms with Gasteiger partial charge in [0.25, 0.3) is 0 Å². The lowest BCUT2D eigenvalue weighted by molar-refractivity contribution is 0.146. The van der Waals surface area contributed by atoms with E-state index in [0.29, 0.717) is 35.9 Å². The van der Waals surface area contributed by atoms with E-state index in [1.807, 2.05) is 32.1 Å². The number of nitrogens with two attached hydrogens (primary N) is 1. The molecule has 1 atom stereocenters. The number of benzene rings is 1. The summed E-state index contributed by atoms with van der Waals surface area (Å²) in [7, 11) is 1.59. The molecule has 0 saturated carbocycles. The highest BCUT2D eigenvalue weighted by Gasteiger charge is 2.23. The largest absolute Gasteiger partial charge is 0.491 e. The highest BCUT2D eigenvalue weighted by Crippen LogP contribution is 2.33. The molecule has 0 saturated heterocycles. The van der Waals surface area contributed by atoms with Gasteiger partial charge in [-0.05, 0) is 25.5 Å². The molecule has 1 aliphatic rings. The van der Waals surface area contributed by atoms with Crippen LogP contribution in [0.3, 0.4) is 0 Å². The highest BCUT2D eigenvalue weighted by atomic mass is 19.1. The van der Waals surface area contributed by atoms with Gasteiger partial charge in [-0.1, -0.05) is 19.1 Å². The van der Waals surface area contributed by atoms with Gasteiger partial charge in [0.1, 0.15) is 18.2 Å². The second kappa shape index (κ2) is 10.4. The van der Waals surface area contributed by atoms with Crippen molar-refractivity contribution in [3.05, 3.63) is 59.2 Å². The summed E-state index contributed by atoms with van der Waals surface area (Å²) in [5.74, 6) is 0.0417. The molecule has 1 heterocycles. The SMILES string of the molecule is C\C=C(/C=C\C(N)=C\CC)NC1N=CNc2cc(OCCOC)cc(F)c21. The molecule has 2 rings (SSSR count). The van der Waals surface area contributed by atoms with Crippen LogP contribution < -0.4 is 21.1 Å². The molecule has 1 aliphatic heterocycles. The maximum Gasteiger partial charge on any atom is 0.151 e. The Morgan fingerprint density at radius 2 is 2.19 bits per heavy atom. The number of fused-ring (bicyclic) bond motifs is 1. The Bertz CT molecular complexity index is 757. The Morgan fingerprint density at radius 1 is 1.37 bits per heavy atom. The van der Waals surface area contributed by atoms with Crippen LogP contribution in [0.2, 0.25) is 0 Å². The Labute approximate surface area is 159 Å². The summed E-state index contributed by atoms with van der Waals surface area (Å²) >= 11 is 0. The zero-order chi connectivity index (χ0) is 19.6. The van der Waals surface area contributed by atoms with Crippen LogP contribution in [0, 0.1) is 5.82 Å². The minimum absolute atomic E-state index is 0.352. The van der Waals surface area contributed by atoms with E-state index >= 15 is 0 Å². The predicted molar refractivity (Wildman–Crippen MR) is 107 cm³/mol. The fourth-order valence-electron chi connectivity index (χ4n) is 2.56. The van der Waals surface area contributed by atoms with Crippen LogP contribution in [0.4, 0.5) is 10.1 Å². The molecule has 0 spiro atoms. The third-order valence-corrected chi connectivity index (χ3v) is 3.89. The van der Waals surface area contributed by atoms with Crippen LogP contribution >= 0.6 is 0 Å². The molecule has 0 aliphatic carbocycles. The van der Waals surface area contributed by atoms with E-state index in [4.69, 9.17) is 15.2 Å². The number of ether oxygens (including phenoxy) is 2. The van der Waals surface area contributed by atoms with Crippen molar-refractivity contribution >= 4 is 12.0 Å². The van der Waals surface area contributed by atoms with E-state index in [2.05, 4.69) is 15.6 Å². The first-order chi connectivity index (χ1) is 13.1. The number of halogens is 1. The first-order valence-corrected chi connectivity index (χ1v) is 8.89. The monoisotopic (exact) mass is 374 g/mol. The summed E-state index contributed by atoms with van der Waals surface area (Å²) in [6.45, 7) is 4.70. The lowest BCUT2D eigenvalue weighted by Crippen LogP contribution is -2.24. The van der Waals surface area contributed by atoms with E-state index in [0.717, 1.165) is 12.1 Å². The Morgan fingerprint density at radius 3 is 2.89 bits per heavy atom. The molecule has 6 nitrogen and oxygen atoms in total. The molecule has 0 aromatic heterocycles. The van der Waals surface area contributed by atoms with Crippen molar-refractivity contribution in [3.8, 4) is 5.75 Å². The summed E-state index contributed by atoms with van der Waals surface area (Å²) in [6, 6.07) is 3.11. The number of allylic oxidation sites excluding steroid dienone is 4. The van der Waals surface area contributed by atoms with Gasteiger partial charge in [0.05, 0.1) is 24.2 Å². The molecule has 4 N–H and O–H groups in total. The molecule has 1 aromatic rings. The van der Waals surface area contributed by atoms with E-state index in [1.54, 1.807) is 25.6 Å². The third-order valence-electron chi connectivity index (χ3n) is 3.89. The molecule has 0 radical (unpaired) electrons. The van der Waals surface area contributed by atoms with Crippen molar-refractivity contribution in [2.24, 2.45) is 10.7 Å². The van der Waals surface area contributed by atoms with Crippen molar-refractivity contribution in [2.45, 2.75) is 26.4 Å². The zero-order valence-corrected chi connectivity index (χ0v) is 16.0. The Hall–Kier alpha value is -2.80. The minimum atomic E-state index is -0.554. The van der Waals surface area contributed by atoms with Crippen molar-refractivity contribution in [1.29, 1.82) is 0 Å². The maximum atomic E-state index is 14.7. The molecular weight excluding hydrogens is 347 g/mol. The van der Waals surface area contributed by atoms with Gasteiger partial charge in [-0.15, -0.1) is 0 Å². The Kier molecular flexibility index (Phi) is 7.88. The van der Waals surface area contributed by atoms with Crippen LogP contribution in [0.5, 0.6) is 5.75 Å². The minimum Gasteiger partial charge on any atom is -0.491 e. The van der Waals surface area contributed by atoms with Crippen molar-refractivity contribution in [3.63, 3.8) is 0 Å². The van der Waals surface area contributed by atoms with E-state index in [9.17, 15) is 4.39 Å². The lowest BCUT2D eigenvalue weighted by atomic mass is 10.1. The number of anilines is 1. The fraction of sp³-hybridized carbons (Fsp3) is 0.350. The topological polar surface area (TPSA) is 80.9 Å². The number of aliphatic imine (C=N–C) groups is 1. The standard InChI is InChI=1S/C20H27FN4O2/c1-4-6-14(22)7-8-15(5-2)25-20-19-17(21)11-16(27-10-9-26-3)12-18(19)23-13-24-20/h5-8,11-13,20,25H,4,9-10,22H2,1-3H3,(H,23,24)/b8-7-,14-6-,15-5+. The molecular formula is C20H27FN4O2. The van der Waals surface area contributed by atoms with Gasteiger partial charge >= 0.3 is 0 Å². The first kappa shape index (κ1) is 20.5. The molecule has 0 bridgehead atoms. The number of methoxy groups -OCH3 is 1. The first-order valence-electron chi connectivity index (χ1n) is 8.89. The van der Waals surface area contributed by atoms with Gasteiger partial charge < -0.3 is 25.8 Å². The zero-order valence-electron chi connectivity index (χ0n) is 16.0. The number of rotatable bonds is 9. The molecule has 7 heteroatoms. The van der Waals surface area contributed by atoms with Crippen molar-refractivity contribution in [1.82, 2.24) is 5.32 Å². The molecule has 146 valence electrons. The number of nitrogens with one attached hydrogen (secondary N) is 2. The van der Waals surface area contributed by atoms with Gasteiger partial charge in [0, 0.05) is 30.6 Å². The van der Waals surface area contributed by atoms with Crippen LogP contribution in [0.1, 0.15) is 32.0 Å². The number of hydrogen-bond acceptors (Lipinski definition) is 6. The smallest absolute Gasteiger partial charge is 0.151 e. The highest BCUT2D eigenvalue weighted by molar-refractivity contribution is 5.81. The number of nitrogens with zero attached hydrogens (tertiary/aromatic N) is 1. The summed E-state index contributed by atoms with van der Waals surface area (Å²) < 4.78 is 25.2. The van der Waals surface area contributed by atoms with Crippen LogP contribution in [-0.2, 0) is 4.74 Å². The molecule has 0 fully saturated rings. The summed E-state index contributed by atoms with van der Waals surface area (Å²) in [4.78, 5) is 4.32. The lowest BCUT2D eigenvalue weighted by Gasteiger charge is -2.24. The van der Waals surface area contributed by atoms with Crippen molar-refractivity contribution in [2.75, 3.05) is 25.6 Å². The van der Waals surface area contributed by atoms with Crippen LogP contribution in [0.25, 0.3) is 0 Å². The quantitative estimate of drug-likeness (QED) is 0.454. The summed E-state index contributed by atoms with van der Waals surface area (Å²) in [6.07, 6.45) is 9.31. The summed E-state index contributed by atoms with van der Waals surface area (Å²) in [5.41, 5.74) is 8.39. The van der Waals surface area contributed by atoms with Gasteiger partial charge in [-0.2, -0.15) is 0 Å². The molecule has 0 amide bonds. The number of hydrogen-bond donors (Lipinski definition) is 3. The Balaban J connectivity index is 2.17. The molecule has 27 heavy (non-hydrogen) atoms. The van der Waals surface area contributed by atoms with E-state index in [-0.39, 0.29) is 0 Å². The second-order valence-electron chi connectivity index (χ2n) is 5.87. The normalized spacial score (nSPS) is 17.0. The van der Waals surface area contributed by atoms with Gasteiger partial charge in [-0.3, -0.25) is 0 Å². The van der Waals surface area contributed by atoms with E-state index < -0.39 is 12.0 Å². The van der Waals surface area contributed by atoms with Gasteiger partial charge in [0.15, 0.2) is 6.17 Å². The molecule has 1 unspecified atom stereocenters. The maximum absolute atomic E-state index is 14.7. The van der Waals surface area contributed by atoms with E-state index in [1.165, 1.54) is 6.07 Å². The fourth-order valence-corrected chi connectivity index (χ4v) is 2.56.